The third kappa shape index (κ3) is 2.54. The van der Waals surface area contributed by atoms with Gasteiger partial charge in [0.25, 0.3) is 5.91 Å². The zero-order chi connectivity index (χ0) is 12.4. The Kier molecular flexibility index (Phi) is 3.27. The van der Waals surface area contributed by atoms with Gasteiger partial charge in [-0.3, -0.25) is 9.89 Å². The van der Waals surface area contributed by atoms with Crippen LogP contribution < -0.4 is 11.1 Å². The number of nitrogens with zero attached hydrogens (tertiary/aromatic N) is 1. The number of aromatic nitrogens is 2. The number of hydrogen-bond donors (Lipinski definition) is 3. The molecule has 1 aromatic carbocycles. The van der Waals surface area contributed by atoms with Gasteiger partial charge in [0.05, 0.1) is 17.4 Å². The largest absolute Gasteiger partial charge is 0.394 e. The molecule has 0 unspecified atom stereocenters. The topological polar surface area (TPSA) is 83.8 Å². The molecule has 0 spiro atoms. The highest BCUT2D eigenvalue weighted by Crippen LogP contribution is 2.17. The number of carbonyl (C=O) groups is 1. The molecule has 1 amide bonds. The van der Waals surface area contributed by atoms with Crippen LogP contribution in [-0.4, -0.2) is 16.1 Å². The van der Waals surface area contributed by atoms with Gasteiger partial charge in [-0.2, -0.15) is 5.10 Å². The first-order valence-electron chi connectivity index (χ1n) is 4.63. The Morgan fingerprint density at radius 2 is 2.29 bits per heavy atom. The van der Waals surface area contributed by atoms with E-state index in [1.54, 1.807) is 0 Å². The van der Waals surface area contributed by atoms with E-state index >= 15 is 0 Å². The SMILES string of the molecule is Nc1cn[nH]c1NC(=O)c1ccc(F)cc1I. The number of hydrogen-bond acceptors (Lipinski definition) is 3. The first-order chi connectivity index (χ1) is 8.08. The van der Waals surface area contributed by atoms with Gasteiger partial charge < -0.3 is 11.1 Å². The number of aromatic amines is 1. The van der Waals surface area contributed by atoms with Crippen molar-refractivity contribution >= 4 is 40.0 Å². The van der Waals surface area contributed by atoms with Gasteiger partial charge in [-0.25, -0.2) is 4.39 Å². The first kappa shape index (κ1) is 11.8. The standard InChI is InChI=1S/C10H8FIN4O/c11-5-1-2-6(7(12)3-5)10(17)15-9-8(13)4-14-16-9/h1-4H,13H2,(H2,14,15,16,17). The van der Waals surface area contributed by atoms with Gasteiger partial charge in [-0.1, -0.05) is 0 Å². The summed E-state index contributed by atoms with van der Waals surface area (Å²) < 4.78 is 13.4. The van der Waals surface area contributed by atoms with Gasteiger partial charge in [0.2, 0.25) is 0 Å². The van der Waals surface area contributed by atoms with E-state index in [2.05, 4.69) is 15.5 Å². The van der Waals surface area contributed by atoms with Crippen LogP contribution in [0.25, 0.3) is 0 Å². The predicted octanol–water partition coefficient (Wildman–Crippen LogP) is 1.99. The molecule has 1 aromatic heterocycles. The Morgan fingerprint density at radius 3 is 2.88 bits per heavy atom. The lowest BCUT2D eigenvalue weighted by atomic mass is 10.2. The van der Waals surface area contributed by atoms with E-state index in [0.29, 0.717) is 20.6 Å². The minimum Gasteiger partial charge on any atom is -0.394 e. The normalized spacial score (nSPS) is 10.2. The van der Waals surface area contributed by atoms with Crippen LogP contribution in [0.15, 0.2) is 24.4 Å². The third-order valence-corrected chi connectivity index (χ3v) is 2.98. The maximum atomic E-state index is 12.9. The molecule has 17 heavy (non-hydrogen) atoms. The molecule has 2 rings (SSSR count). The van der Waals surface area contributed by atoms with Crippen molar-refractivity contribution < 1.29 is 9.18 Å². The smallest absolute Gasteiger partial charge is 0.257 e. The molecule has 0 aliphatic carbocycles. The van der Waals surface area contributed by atoms with Gasteiger partial charge in [0.15, 0.2) is 5.82 Å². The van der Waals surface area contributed by atoms with Crippen molar-refractivity contribution in [3.63, 3.8) is 0 Å². The number of nitrogens with two attached hydrogens (primary N) is 1. The first-order valence-corrected chi connectivity index (χ1v) is 5.71. The monoisotopic (exact) mass is 346 g/mol. The maximum absolute atomic E-state index is 12.9. The number of benzene rings is 1. The van der Waals surface area contributed by atoms with Crippen LogP contribution in [0.3, 0.4) is 0 Å². The molecule has 0 aliphatic rings. The summed E-state index contributed by atoms with van der Waals surface area (Å²) in [6.45, 7) is 0. The number of nitrogens with one attached hydrogen (secondary N) is 2. The van der Waals surface area contributed by atoms with Gasteiger partial charge in [-0.15, -0.1) is 0 Å². The van der Waals surface area contributed by atoms with E-state index in [1.807, 2.05) is 22.6 Å². The lowest BCUT2D eigenvalue weighted by molar-refractivity contribution is 0.102. The number of H-pyrrole nitrogens is 1. The molecule has 0 bridgehead atoms. The van der Waals surface area contributed by atoms with E-state index < -0.39 is 0 Å². The molecule has 0 aliphatic heterocycles. The Balaban J connectivity index is 2.23. The minimum atomic E-state index is -0.382. The number of amides is 1. The highest BCUT2D eigenvalue weighted by Gasteiger charge is 2.12. The van der Waals surface area contributed by atoms with Crippen molar-refractivity contribution in [1.82, 2.24) is 10.2 Å². The molecule has 0 radical (unpaired) electrons. The average Bonchev–Trinajstić information content (AvgIpc) is 2.64. The second kappa shape index (κ2) is 4.70. The number of rotatable bonds is 2. The van der Waals surface area contributed by atoms with Crippen LogP contribution in [0.5, 0.6) is 0 Å². The molecular formula is C10H8FIN4O. The predicted molar refractivity (Wildman–Crippen MR) is 70.1 cm³/mol. The Labute approximate surface area is 110 Å². The molecule has 5 nitrogen and oxygen atoms in total. The molecular weight excluding hydrogens is 338 g/mol. The summed E-state index contributed by atoms with van der Waals surface area (Å²) in [6.07, 6.45) is 1.39. The quantitative estimate of drug-likeness (QED) is 0.728. The Bertz CT molecular complexity index is 569. The van der Waals surface area contributed by atoms with Gasteiger partial charge >= 0.3 is 0 Å². The highest BCUT2D eigenvalue weighted by atomic mass is 127. The number of nitrogen functional groups attached to an aromatic ring is 1. The average molecular weight is 346 g/mol. The Morgan fingerprint density at radius 1 is 1.53 bits per heavy atom. The van der Waals surface area contributed by atoms with E-state index in [1.165, 1.54) is 24.4 Å². The van der Waals surface area contributed by atoms with Crippen LogP contribution in [0, 0.1) is 9.39 Å². The van der Waals surface area contributed by atoms with E-state index in [0.717, 1.165) is 0 Å². The van der Waals surface area contributed by atoms with E-state index in [4.69, 9.17) is 5.73 Å². The van der Waals surface area contributed by atoms with Crippen molar-refractivity contribution in [2.75, 3.05) is 11.1 Å². The fourth-order valence-corrected chi connectivity index (χ4v) is 1.97. The number of halogens is 2. The molecule has 0 saturated carbocycles. The van der Waals surface area contributed by atoms with Crippen molar-refractivity contribution in [1.29, 1.82) is 0 Å². The summed E-state index contributed by atoms with van der Waals surface area (Å²) in [5.41, 5.74) is 6.28. The molecule has 0 saturated heterocycles. The van der Waals surface area contributed by atoms with Crippen LogP contribution in [-0.2, 0) is 0 Å². The summed E-state index contributed by atoms with van der Waals surface area (Å²) in [5, 5.41) is 8.79. The zero-order valence-electron chi connectivity index (χ0n) is 8.50. The summed E-state index contributed by atoms with van der Waals surface area (Å²) in [6, 6.07) is 3.93. The van der Waals surface area contributed by atoms with Gasteiger partial charge in [0.1, 0.15) is 5.82 Å². The molecule has 0 atom stereocenters. The van der Waals surface area contributed by atoms with Gasteiger partial charge in [-0.05, 0) is 40.8 Å². The summed E-state index contributed by atoms with van der Waals surface area (Å²) in [7, 11) is 0. The zero-order valence-corrected chi connectivity index (χ0v) is 10.7. The molecule has 1 heterocycles. The van der Waals surface area contributed by atoms with Crippen LogP contribution >= 0.6 is 22.6 Å². The van der Waals surface area contributed by atoms with Crippen LogP contribution in [0.1, 0.15) is 10.4 Å². The van der Waals surface area contributed by atoms with Crippen LogP contribution in [0.4, 0.5) is 15.9 Å². The molecule has 0 fully saturated rings. The number of anilines is 2. The van der Waals surface area contributed by atoms with Crippen molar-refractivity contribution in [3.05, 3.63) is 39.3 Å². The maximum Gasteiger partial charge on any atom is 0.257 e. The van der Waals surface area contributed by atoms with Crippen molar-refractivity contribution in [3.8, 4) is 0 Å². The fraction of sp³-hybridized carbons (Fsp3) is 0. The third-order valence-electron chi connectivity index (χ3n) is 2.08. The Hall–Kier alpha value is -1.64. The number of carbonyl (C=O) groups excluding carboxylic acids is 1. The fourth-order valence-electron chi connectivity index (χ4n) is 1.25. The minimum absolute atomic E-state index is 0.329. The second-order valence-corrected chi connectivity index (χ2v) is 4.44. The van der Waals surface area contributed by atoms with E-state index in [9.17, 15) is 9.18 Å². The van der Waals surface area contributed by atoms with Crippen LogP contribution in [0.2, 0.25) is 0 Å². The van der Waals surface area contributed by atoms with Gasteiger partial charge in [0, 0.05) is 3.57 Å². The highest BCUT2D eigenvalue weighted by molar-refractivity contribution is 14.1. The molecule has 2 aromatic rings. The summed E-state index contributed by atoms with van der Waals surface area (Å²) >= 11 is 1.89. The second-order valence-electron chi connectivity index (χ2n) is 3.28. The van der Waals surface area contributed by atoms with Crippen molar-refractivity contribution in [2.24, 2.45) is 0 Å². The lowest BCUT2D eigenvalue weighted by Crippen LogP contribution is -2.14. The van der Waals surface area contributed by atoms with E-state index in [-0.39, 0.29) is 11.7 Å². The summed E-state index contributed by atoms with van der Waals surface area (Å²) in [5.74, 6) is -0.424. The molecule has 88 valence electrons. The van der Waals surface area contributed by atoms with Crippen molar-refractivity contribution in [2.45, 2.75) is 0 Å². The molecule has 7 heteroatoms. The molecule has 4 N–H and O–H groups in total. The lowest BCUT2D eigenvalue weighted by Gasteiger charge is -2.05. The summed E-state index contributed by atoms with van der Waals surface area (Å²) in [4.78, 5) is 11.9.